The first-order valence-corrected chi connectivity index (χ1v) is 6.68. The number of nitrogens with zero attached hydrogens (tertiary/aromatic N) is 2. The smallest absolute Gasteiger partial charge is 0.328 e. The molecule has 6 heteroatoms. The van der Waals surface area contributed by atoms with Crippen molar-refractivity contribution in [2.45, 2.75) is 65.2 Å². The Bertz CT molecular complexity index is 408. The Labute approximate surface area is 112 Å². The van der Waals surface area contributed by atoms with E-state index in [-0.39, 0.29) is 12.6 Å². The van der Waals surface area contributed by atoms with Gasteiger partial charge >= 0.3 is 6.18 Å². The molecular weight excluding hydrogens is 255 g/mol. The first-order valence-electron chi connectivity index (χ1n) is 6.68. The minimum absolute atomic E-state index is 0.0177. The van der Waals surface area contributed by atoms with Crippen LogP contribution in [-0.4, -0.2) is 22.0 Å². The molecule has 0 fully saturated rings. The fourth-order valence-electron chi connectivity index (χ4n) is 2.24. The van der Waals surface area contributed by atoms with E-state index in [1.54, 1.807) is 0 Å². The van der Waals surface area contributed by atoms with Gasteiger partial charge in [-0.3, -0.25) is 4.68 Å². The number of halogens is 3. The average Bonchev–Trinajstić information content (AvgIpc) is 2.62. The molecule has 0 aliphatic carbocycles. The molecule has 0 spiro atoms. The summed E-state index contributed by atoms with van der Waals surface area (Å²) in [5.41, 5.74) is 8.60. The lowest BCUT2D eigenvalue weighted by atomic mass is 10.0. The fourth-order valence-corrected chi connectivity index (χ4v) is 2.24. The molecule has 1 heterocycles. The number of alkyl halides is 3. The van der Waals surface area contributed by atoms with Crippen molar-refractivity contribution >= 4 is 0 Å². The topological polar surface area (TPSA) is 43.8 Å². The van der Waals surface area contributed by atoms with E-state index in [1.807, 2.05) is 20.8 Å². The van der Waals surface area contributed by atoms with Gasteiger partial charge < -0.3 is 5.73 Å². The van der Waals surface area contributed by atoms with E-state index < -0.39 is 12.6 Å². The third-order valence-electron chi connectivity index (χ3n) is 3.05. The predicted molar refractivity (Wildman–Crippen MR) is 69.0 cm³/mol. The molecule has 1 aromatic heterocycles. The quantitative estimate of drug-likeness (QED) is 0.869. The lowest BCUT2D eigenvalue weighted by Crippen LogP contribution is -2.19. The minimum atomic E-state index is -4.15. The second kappa shape index (κ2) is 6.41. The molecular formula is C13H22F3N3. The van der Waals surface area contributed by atoms with E-state index >= 15 is 0 Å². The average molecular weight is 277 g/mol. The van der Waals surface area contributed by atoms with Crippen LogP contribution in [0.25, 0.3) is 0 Å². The number of nitrogens with two attached hydrogens (primary N) is 1. The highest BCUT2D eigenvalue weighted by molar-refractivity contribution is 5.27. The molecule has 1 unspecified atom stereocenters. The zero-order chi connectivity index (χ0) is 14.6. The van der Waals surface area contributed by atoms with Crippen LogP contribution in [0.3, 0.4) is 0 Å². The zero-order valence-electron chi connectivity index (χ0n) is 11.7. The number of hydrogen-bond acceptors (Lipinski definition) is 2. The van der Waals surface area contributed by atoms with Gasteiger partial charge in [0.25, 0.3) is 0 Å². The Morgan fingerprint density at radius 2 is 1.89 bits per heavy atom. The molecule has 0 saturated heterocycles. The number of aromatic nitrogens is 2. The third kappa shape index (κ3) is 4.53. The van der Waals surface area contributed by atoms with Crippen molar-refractivity contribution in [2.24, 2.45) is 5.73 Å². The number of hydrogen-bond donors (Lipinski definition) is 1. The maximum absolute atomic E-state index is 12.3. The normalized spacial score (nSPS) is 13.8. The monoisotopic (exact) mass is 277 g/mol. The molecule has 0 aliphatic heterocycles. The van der Waals surface area contributed by atoms with Gasteiger partial charge in [-0.25, -0.2) is 0 Å². The summed E-state index contributed by atoms with van der Waals surface area (Å²) in [6, 6.07) is -0.0177. The minimum Gasteiger partial charge on any atom is -0.328 e. The Morgan fingerprint density at radius 3 is 2.32 bits per heavy atom. The van der Waals surface area contributed by atoms with Crippen molar-refractivity contribution < 1.29 is 13.2 Å². The SMILES string of the molecule is CCc1nn(CCC(F)(F)F)c(CC)c1CC(C)N. The molecule has 110 valence electrons. The van der Waals surface area contributed by atoms with Crippen molar-refractivity contribution in [3.63, 3.8) is 0 Å². The molecule has 3 nitrogen and oxygen atoms in total. The van der Waals surface area contributed by atoms with E-state index in [4.69, 9.17) is 5.73 Å². The third-order valence-corrected chi connectivity index (χ3v) is 3.05. The van der Waals surface area contributed by atoms with Crippen LogP contribution < -0.4 is 5.73 Å². The molecule has 0 amide bonds. The molecule has 19 heavy (non-hydrogen) atoms. The summed E-state index contributed by atoms with van der Waals surface area (Å²) in [6.07, 6.45) is -2.94. The fraction of sp³-hybridized carbons (Fsp3) is 0.769. The van der Waals surface area contributed by atoms with Gasteiger partial charge in [0.1, 0.15) is 0 Å². The molecule has 0 aliphatic rings. The van der Waals surface area contributed by atoms with E-state index in [1.165, 1.54) is 4.68 Å². The van der Waals surface area contributed by atoms with Crippen LogP contribution in [0.1, 0.15) is 44.1 Å². The van der Waals surface area contributed by atoms with Crippen LogP contribution in [0.15, 0.2) is 0 Å². The largest absolute Gasteiger partial charge is 0.390 e. The summed E-state index contributed by atoms with van der Waals surface area (Å²) in [6.45, 7) is 5.68. The Hall–Kier alpha value is -1.04. The van der Waals surface area contributed by atoms with Crippen LogP contribution >= 0.6 is 0 Å². The van der Waals surface area contributed by atoms with Gasteiger partial charge in [-0.1, -0.05) is 13.8 Å². The Balaban J connectivity index is 3.01. The van der Waals surface area contributed by atoms with Gasteiger partial charge in [0, 0.05) is 18.3 Å². The second-order valence-electron chi connectivity index (χ2n) is 4.85. The number of rotatable bonds is 6. The highest BCUT2D eigenvalue weighted by atomic mass is 19.4. The van der Waals surface area contributed by atoms with E-state index in [0.29, 0.717) is 19.3 Å². The highest BCUT2D eigenvalue weighted by Crippen LogP contribution is 2.23. The molecule has 0 bridgehead atoms. The van der Waals surface area contributed by atoms with E-state index in [9.17, 15) is 13.2 Å². The molecule has 0 saturated carbocycles. The van der Waals surface area contributed by atoms with E-state index in [0.717, 1.165) is 17.0 Å². The Morgan fingerprint density at radius 1 is 1.26 bits per heavy atom. The van der Waals surface area contributed by atoms with Crippen LogP contribution in [-0.2, 0) is 25.8 Å². The van der Waals surface area contributed by atoms with Crippen LogP contribution in [0, 0.1) is 0 Å². The molecule has 0 radical (unpaired) electrons. The van der Waals surface area contributed by atoms with Crippen LogP contribution in [0.2, 0.25) is 0 Å². The second-order valence-corrected chi connectivity index (χ2v) is 4.85. The lowest BCUT2D eigenvalue weighted by molar-refractivity contribution is -0.137. The summed E-state index contributed by atoms with van der Waals surface area (Å²) in [5.74, 6) is 0. The summed E-state index contributed by atoms with van der Waals surface area (Å²) >= 11 is 0. The molecule has 1 rings (SSSR count). The van der Waals surface area contributed by atoms with Crippen molar-refractivity contribution in [1.29, 1.82) is 0 Å². The van der Waals surface area contributed by atoms with Crippen LogP contribution in [0.4, 0.5) is 13.2 Å². The first kappa shape index (κ1) is 16.0. The van der Waals surface area contributed by atoms with Gasteiger partial charge in [0.15, 0.2) is 0 Å². The molecule has 1 aromatic rings. The van der Waals surface area contributed by atoms with Crippen molar-refractivity contribution in [2.75, 3.05) is 0 Å². The predicted octanol–water partition coefficient (Wildman–Crippen LogP) is 2.85. The van der Waals surface area contributed by atoms with E-state index in [2.05, 4.69) is 5.10 Å². The highest BCUT2D eigenvalue weighted by Gasteiger charge is 2.28. The van der Waals surface area contributed by atoms with Gasteiger partial charge in [-0.2, -0.15) is 18.3 Å². The van der Waals surface area contributed by atoms with Gasteiger partial charge in [0.05, 0.1) is 12.1 Å². The Kier molecular flexibility index (Phi) is 5.40. The summed E-state index contributed by atoms with van der Waals surface area (Å²) < 4.78 is 38.4. The van der Waals surface area contributed by atoms with Gasteiger partial charge in [0.2, 0.25) is 0 Å². The van der Waals surface area contributed by atoms with Crippen molar-refractivity contribution in [3.8, 4) is 0 Å². The summed E-state index contributed by atoms with van der Waals surface area (Å²) in [4.78, 5) is 0. The lowest BCUT2D eigenvalue weighted by Gasteiger charge is -2.11. The molecule has 0 aromatic carbocycles. The maximum Gasteiger partial charge on any atom is 0.390 e. The van der Waals surface area contributed by atoms with Crippen molar-refractivity contribution in [1.82, 2.24) is 9.78 Å². The van der Waals surface area contributed by atoms with Gasteiger partial charge in [-0.05, 0) is 31.7 Å². The molecule has 2 N–H and O–H groups in total. The van der Waals surface area contributed by atoms with Gasteiger partial charge in [-0.15, -0.1) is 0 Å². The number of aryl methyl sites for hydroxylation is 2. The molecule has 1 atom stereocenters. The summed E-state index contributed by atoms with van der Waals surface area (Å²) in [5, 5.41) is 4.32. The van der Waals surface area contributed by atoms with Crippen molar-refractivity contribution in [3.05, 3.63) is 17.0 Å². The zero-order valence-corrected chi connectivity index (χ0v) is 11.7. The summed E-state index contributed by atoms with van der Waals surface area (Å²) in [7, 11) is 0. The standard InChI is InChI=1S/C13H22F3N3/c1-4-11-10(8-9(3)17)12(5-2)19(18-11)7-6-13(14,15)16/h9H,4-8,17H2,1-3H3. The maximum atomic E-state index is 12.3. The first-order chi connectivity index (χ1) is 8.78. The van der Waals surface area contributed by atoms with Crippen LogP contribution in [0.5, 0.6) is 0 Å².